The van der Waals surface area contributed by atoms with E-state index in [1.54, 1.807) is 11.8 Å². The minimum atomic E-state index is -0.375. The summed E-state index contributed by atoms with van der Waals surface area (Å²) in [6.07, 6.45) is 5.16. The number of aryl methyl sites for hydroxylation is 2. The van der Waals surface area contributed by atoms with Crippen LogP contribution in [0.3, 0.4) is 0 Å². The van der Waals surface area contributed by atoms with Crippen LogP contribution in [0, 0.1) is 25.7 Å². The van der Waals surface area contributed by atoms with Gasteiger partial charge in [0.25, 0.3) is 0 Å². The fraction of sp³-hybridized carbons (Fsp3) is 0.655. The van der Waals surface area contributed by atoms with E-state index in [1.165, 1.54) is 0 Å². The van der Waals surface area contributed by atoms with Gasteiger partial charge in [-0.25, -0.2) is 0 Å². The molecule has 2 atom stereocenters. The van der Waals surface area contributed by atoms with Gasteiger partial charge in [-0.15, -0.1) is 10.2 Å². The molecule has 2 saturated carbocycles. The average Bonchev–Trinajstić information content (AvgIpc) is 3.39. The normalized spacial score (nSPS) is 27.4. The minimum Gasteiger partial charge on any atom is -0.378 e. The third-order valence-electron chi connectivity index (χ3n) is 8.55. The van der Waals surface area contributed by atoms with Gasteiger partial charge in [-0.05, 0) is 63.5 Å². The summed E-state index contributed by atoms with van der Waals surface area (Å²) in [6.45, 7) is 11.0. The zero-order chi connectivity index (χ0) is 26.5. The topological polar surface area (TPSA) is 89.4 Å². The highest BCUT2D eigenvalue weighted by molar-refractivity contribution is 5.94. The summed E-state index contributed by atoms with van der Waals surface area (Å²) < 4.78 is 8.29. The highest BCUT2D eigenvalue weighted by Gasteiger charge is 2.50. The molecule has 2 aliphatic carbocycles. The van der Waals surface area contributed by atoms with Crippen LogP contribution in [-0.4, -0.2) is 57.3 Å². The van der Waals surface area contributed by atoms with E-state index in [9.17, 15) is 9.59 Å². The molecule has 1 aliphatic heterocycles. The molecule has 37 heavy (non-hydrogen) atoms. The Morgan fingerprint density at radius 2 is 1.84 bits per heavy atom. The summed E-state index contributed by atoms with van der Waals surface area (Å²) in [7, 11) is 1.82. The number of benzene rings is 1. The lowest BCUT2D eigenvalue weighted by atomic mass is 9.67. The van der Waals surface area contributed by atoms with Crippen molar-refractivity contribution in [2.24, 2.45) is 11.8 Å². The van der Waals surface area contributed by atoms with E-state index < -0.39 is 0 Å². The number of ether oxygens (including phenoxy) is 1. The van der Waals surface area contributed by atoms with Crippen molar-refractivity contribution in [2.45, 2.75) is 90.2 Å². The third-order valence-corrected chi connectivity index (χ3v) is 8.55. The fourth-order valence-electron chi connectivity index (χ4n) is 6.50. The highest BCUT2D eigenvalue weighted by Crippen LogP contribution is 2.52. The Kier molecular flexibility index (Phi) is 6.90. The molecular formula is C29H41N5O3. The van der Waals surface area contributed by atoms with E-state index in [1.807, 2.05) is 33.1 Å². The molecule has 0 spiro atoms. The molecule has 3 aliphatic rings. The van der Waals surface area contributed by atoms with Crippen molar-refractivity contribution in [3.05, 3.63) is 41.0 Å². The van der Waals surface area contributed by atoms with Gasteiger partial charge in [0.15, 0.2) is 0 Å². The van der Waals surface area contributed by atoms with Gasteiger partial charge in [0.1, 0.15) is 11.6 Å². The van der Waals surface area contributed by atoms with Gasteiger partial charge in [-0.2, -0.15) is 0 Å². The second-order valence-corrected chi connectivity index (χ2v) is 12.1. The van der Waals surface area contributed by atoms with E-state index in [4.69, 9.17) is 14.9 Å². The lowest BCUT2D eigenvalue weighted by Gasteiger charge is -2.47. The number of anilines is 1. The second kappa shape index (κ2) is 9.86. The molecule has 5 rings (SSSR count). The van der Waals surface area contributed by atoms with Crippen LogP contribution in [0.1, 0.15) is 93.5 Å². The van der Waals surface area contributed by atoms with Crippen molar-refractivity contribution in [1.29, 1.82) is 0 Å². The van der Waals surface area contributed by atoms with Crippen LogP contribution in [0.25, 0.3) is 0 Å². The average molecular weight is 508 g/mol. The van der Waals surface area contributed by atoms with E-state index in [0.717, 1.165) is 60.6 Å². The van der Waals surface area contributed by atoms with Crippen molar-refractivity contribution in [1.82, 2.24) is 19.7 Å². The molecule has 0 radical (unpaired) electrons. The number of nitrogens with zero attached hydrogens (tertiary/aromatic N) is 4. The van der Waals surface area contributed by atoms with Gasteiger partial charge in [0.2, 0.25) is 11.8 Å². The summed E-state index contributed by atoms with van der Waals surface area (Å²) in [6, 6.07) is 6.41. The number of carbonyl (C=O) groups is 2. The number of methoxy groups -OCH3 is 1. The molecule has 200 valence electrons. The smallest absolute Gasteiger partial charge is 0.230 e. The maximum absolute atomic E-state index is 13.6. The Balaban J connectivity index is 1.42. The van der Waals surface area contributed by atoms with Gasteiger partial charge in [-0.1, -0.05) is 31.5 Å². The molecule has 1 aromatic carbocycles. The lowest BCUT2D eigenvalue weighted by molar-refractivity contribution is -0.128. The van der Waals surface area contributed by atoms with E-state index in [-0.39, 0.29) is 29.3 Å². The van der Waals surface area contributed by atoms with Gasteiger partial charge >= 0.3 is 0 Å². The fourth-order valence-corrected chi connectivity index (χ4v) is 6.50. The lowest BCUT2D eigenvalue weighted by Crippen LogP contribution is -2.46. The molecular weight excluding hydrogens is 466 g/mol. The van der Waals surface area contributed by atoms with Crippen molar-refractivity contribution in [3.8, 4) is 0 Å². The summed E-state index contributed by atoms with van der Waals surface area (Å²) in [5.41, 5.74) is 2.93. The van der Waals surface area contributed by atoms with Crippen molar-refractivity contribution < 1.29 is 14.3 Å². The molecule has 1 aromatic heterocycles. The van der Waals surface area contributed by atoms with Crippen molar-refractivity contribution in [2.75, 3.05) is 25.5 Å². The SMILES string of the molecule is COC1(CC(C)C)CC(c2nnc([C@H]3CN(C(C)=O)C[C@@H]3C(=O)Nc3ccc(C)cc3C)n2C2CC2)C1. The quantitative estimate of drug-likeness (QED) is 0.558. The zero-order valence-corrected chi connectivity index (χ0v) is 23.1. The molecule has 1 saturated heterocycles. The highest BCUT2D eigenvalue weighted by atomic mass is 16.5. The molecule has 0 unspecified atom stereocenters. The molecule has 2 aromatic rings. The molecule has 1 N–H and O–H groups in total. The van der Waals surface area contributed by atoms with Crippen LogP contribution in [0.2, 0.25) is 0 Å². The zero-order valence-electron chi connectivity index (χ0n) is 23.1. The number of nitrogens with one attached hydrogen (secondary N) is 1. The standard InChI is InChI=1S/C29H41N5O3/c1-17(2)12-29(37-6)13-21(14-29)26-31-32-27(34(26)22-8-9-22)23-15-33(20(5)35)16-24(23)28(36)30-25-10-7-18(3)11-19(25)4/h7,10-11,17,21-24H,8-9,12-16H2,1-6H3,(H,30,36)/t21?,23-,24-,29?/m0/s1. The van der Waals surface area contributed by atoms with Crippen LogP contribution in [0.4, 0.5) is 5.69 Å². The monoisotopic (exact) mass is 507 g/mol. The molecule has 8 heteroatoms. The van der Waals surface area contributed by atoms with Crippen LogP contribution in [0.15, 0.2) is 18.2 Å². The first-order valence-corrected chi connectivity index (χ1v) is 13.7. The third kappa shape index (κ3) is 5.05. The summed E-state index contributed by atoms with van der Waals surface area (Å²) in [5, 5.41) is 12.6. The maximum Gasteiger partial charge on any atom is 0.230 e. The number of amides is 2. The Morgan fingerprint density at radius 3 is 2.43 bits per heavy atom. The maximum atomic E-state index is 13.6. The molecule has 2 amide bonds. The van der Waals surface area contributed by atoms with E-state index in [0.29, 0.717) is 31.0 Å². The van der Waals surface area contributed by atoms with Gasteiger partial charge in [-0.3, -0.25) is 9.59 Å². The summed E-state index contributed by atoms with van der Waals surface area (Å²) in [4.78, 5) is 27.8. The number of carbonyl (C=O) groups excluding carboxylic acids is 2. The largest absolute Gasteiger partial charge is 0.378 e. The molecule has 3 fully saturated rings. The Labute approximate surface area is 220 Å². The summed E-state index contributed by atoms with van der Waals surface area (Å²) in [5.74, 6) is 2.15. The Morgan fingerprint density at radius 1 is 1.14 bits per heavy atom. The number of hydrogen-bond donors (Lipinski definition) is 1. The van der Waals surface area contributed by atoms with Gasteiger partial charge in [0, 0.05) is 44.8 Å². The van der Waals surface area contributed by atoms with Crippen LogP contribution < -0.4 is 5.32 Å². The number of hydrogen-bond acceptors (Lipinski definition) is 5. The first-order valence-electron chi connectivity index (χ1n) is 13.7. The van der Waals surface area contributed by atoms with Crippen LogP contribution in [0.5, 0.6) is 0 Å². The minimum absolute atomic E-state index is 0.0120. The Hall–Kier alpha value is -2.74. The second-order valence-electron chi connectivity index (χ2n) is 12.1. The predicted octanol–water partition coefficient (Wildman–Crippen LogP) is 4.74. The van der Waals surface area contributed by atoms with Gasteiger partial charge in [0.05, 0.1) is 17.4 Å². The predicted molar refractivity (Wildman–Crippen MR) is 142 cm³/mol. The summed E-state index contributed by atoms with van der Waals surface area (Å²) >= 11 is 0. The van der Waals surface area contributed by atoms with Crippen molar-refractivity contribution in [3.63, 3.8) is 0 Å². The van der Waals surface area contributed by atoms with Crippen LogP contribution in [-0.2, 0) is 14.3 Å². The molecule has 2 heterocycles. The van der Waals surface area contributed by atoms with Gasteiger partial charge < -0.3 is 19.5 Å². The van der Waals surface area contributed by atoms with Crippen molar-refractivity contribution >= 4 is 17.5 Å². The molecule has 8 nitrogen and oxygen atoms in total. The van der Waals surface area contributed by atoms with E-state index >= 15 is 0 Å². The number of aromatic nitrogens is 3. The van der Waals surface area contributed by atoms with E-state index in [2.05, 4.69) is 29.8 Å². The van der Waals surface area contributed by atoms with Crippen LogP contribution >= 0.6 is 0 Å². The Bertz CT molecular complexity index is 1180. The molecule has 0 bridgehead atoms. The first-order chi connectivity index (χ1) is 17.6. The number of rotatable bonds is 8. The number of likely N-dealkylation sites (tertiary alicyclic amines) is 1. The first kappa shape index (κ1) is 25.9.